The molecule has 1 fully saturated rings. The lowest BCUT2D eigenvalue weighted by atomic mass is 10.2. The lowest BCUT2D eigenvalue weighted by molar-refractivity contribution is -0.384. The third kappa shape index (κ3) is 4.64. The number of aromatic nitrogens is 1. The van der Waals surface area contributed by atoms with Crippen molar-refractivity contribution < 1.29 is 14.5 Å². The minimum atomic E-state index is -0.466. The van der Waals surface area contributed by atoms with Gasteiger partial charge in [-0.2, -0.15) is 0 Å². The van der Waals surface area contributed by atoms with E-state index in [-0.39, 0.29) is 11.6 Å². The molecule has 0 radical (unpaired) electrons. The van der Waals surface area contributed by atoms with E-state index in [4.69, 9.17) is 4.74 Å². The molecule has 0 atom stereocenters. The van der Waals surface area contributed by atoms with Crippen molar-refractivity contribution in [3.63, 3.8) is 0 Å². The molecule has 1 aliphatic heterocycles. The predicted octanol–water partition coefficient (Wildman–Crippen LogP) is 2.48. The number of non-ortho nitro benzene ring substituents is 1. The molecule has 1 aromatic carbocycles. The summed E-state index contributed by atoms with van der Waals surface area (Å²) in [6, 6.07) is 9.61. The summed E-state index contributed by atoms with van der Waals surface area (Å²) in [6.07, 6.45) is 4.67. The number of ether oxygens (including phenoxy) is 1. The molecule has 1 saturated heterocycles. The van der Waals surface area contributed by atoms with Crippen molar-refractivity contribution >= 4 is 29.2 Å². The molecule has 134 valence electrons. The Morgan fingerprint density at radius 2 is 1.92 bits per heavy atom. The third-order valence-electron chi connectivity index (χ3n) is 3.91. The highest BCUT2D eigenvalue weighted by molar-refractivity contribution is 6.01. The fraction of sp³-hybridized carbons (Fsp3) is 0.222. The van der Waals surface area contributed by atoms with Gasteiger partial charge in [-0.05, 0) is 35.9 Å². The van der Waals surface area contributed by atoms with Gasteiger partial charge in [-0.3, -0.25) is 14.9 Å². The van der Waals surface area contributed by atoms with Gasteiger partial charge in [0.25, 0.3) is 5.69 Å². The van der Waals surface area contributed by atoms with Crippen LogP contribution in [0.4, 0.5) is 17.2 Å². The molecule has 26 heavy (non-hydrogen) atoms. The molecule has 3 rings (SSSR count). The first kappa shape index (κ1) is 17.6. The lowest BCUT2D eigenvalue weighted by Crippen LogP contribution is -2.36. The number of rotatable bonds is 5. The highest BCUT2D eigenvalue weighted by atomic mass is 16.6. The van der Waals surface area contributed by atoms with E-state index < -0.39 is 4.92 Å². The first-order chi connectivity index (χ1) is 12.6. The highest BCUT2D eigenvalue weighted by Crippen LogP contribution is 2.17. The number of carbonyl (C=O) groups is 1. The fourth-order valence-electron chi connectivity index (χ4n) is 2.52. The molecule has 0 spiro atoms. The second kappa shape index (κ2) is 8.21. The van der Waals surface area contributed by atoms with Crippen molar-refractivity contribution in [2.75, 3.05) is 36.5 Å². The monoisotopic (exact) mass is 354 g/mol. The highest BCUT2D eigenvalue weighted by Gasteiger charge is 2.11. The van der Waals surface area contributed by atoms with Crippen LogP contribution in [0.15, 0.2) is 48.7 Å². The van der Waals surface area contributed by atoms with Gasteiger partial charge in [-0.25, -0.2) is 4.98 Å². The summed E-state index contributed by atoms with van der Waals surface area (Å²) >= 11 is 0. The van der Waals surface area contributed by atoms with Gasteiger partial charge in [0.1, 0.15) is 5.82 Å². The van der Waals surface area contributed by atoms with Crippen LogP contribution in [0, 0.1) is 10.1 Å². The van der Waals surface area contributed by atoms with Crippen molar-refractivity contribution in [1.29, 1.82) is 0 Å². The number of nitro groups is 1. The average Bonchev–Trinajstić information content (AvgIpc) is 2.68. The summed E-state index contributed by atoms with van der Waals surface area (Å²) in [6.45, 7) is 3.05. The topological polar surface area (TPSA) is 97.6 Å². The Bertz CT molecular complexity index is 797. The van der Waals surface area contributed by atoms with E-state index in [1.807, 2.05) is 6.07 Å². The summed E-state index contributed by atoms with van der Waals surface area (Å²) in [5.74, 6) is 0.135. The summed E-state index contributed by atoms with van der Waals surface area (Å²) in [5.41, 5.74) is 1.70. The Labute approximate surface area is 150 Å². The molecular formula is C18H18N4O4. The Kier molecular flexibility index (Phi) is 5.55. The van der Waals surface area contributed by atoms with Crippen LogP contribution in [0.1, 0.15) is 5.56 Å². The van der Waals surface area contributed by atoms with E-state index in [2.05, 4.69) is 15.2 Å². The average molecular weight is 354 g/mol. The molecule has 2 heterocycles. The summed E-state index contributed by atoms with van der Waals surface area (Å²) in [5, 5.41) is 13.3. The van der Waals surface area contributed by atoms with Gasteiger partial charge in [0.2, 0.25) is 5.91 Å². The van der Waals surface area contributed by atoms with Gasteiger partial charge in [0.15, 0.2) is 0 Å². The smallest absolute Gasteiger partial charge is 0.269 e. The molecule has 0 bridgehead atoms. The van der Waals surface area contributed by atoms with Crippen molar-refractivity contribution in [3.05, 3.63) is 64.3 Å². The standard InChI is InChI=1S/C18H18N4O4/c23-18(8-3-14-1-4-15(5-2-14)22(24)25)20-17-7-6-16(13-19-17)21-9-11-26-12-10-21/h1-8,13H,9-12H2,(H,19,20,23). The van der Waals surface area contributed by atoms with Crippen molar-refractivity contribution in [2.45, 2.75) is 0 Å². The SMILES string of the molecule is O=C(C=Cc1ccc([N+](=O)[O-])cc1)Nc1ccc(N2CCOCC2)cn1. The van der Waals surface area contributed by atoms with Crippen LogP contribution >= 0.6 is 0 Å². The van der Waals surface area contributed by atoms with Crippen LogP contribution in [0.3, 0.4) is 0 Å². The number of pyridine rings is 1. The number of hydrogen-bond acceptors (Lipinski definition) is 6. The molecule has 8 heteroatoms. The van der Waals surface area contributed by atoms with Gasteiger partial charge >= 0.3 is 0 Å². The molecule has 0 aliphatic carbocycles. The van der Waals surface area contributed by atoms with Crippen LogP contribution in [0.25, 0.3) is 6.08 Å². The van der Waals surface area contributed by atoms with E-state index in [9.17, 15) is 14.9 Å². The molecule has 1 aliphatic rings. The zero-order chi connectivity index (χ0) is 18.4. The summed E-state index contributed by atoms with van der Waals surface area (Å²) in [7, 11) is 0. The summed E-state index contributed by atoms with van der Waals surface area (Å²) in [4.78, 5) is 28.6. The second-order valence-corrected chi connectivity index (χ2v) is 5.67. The van der Waals surface area contributed by atoms with Crippen LogP contribution in [0.2, 0.25) is 0 Å². The second-order valence-electron chi connectivity index (χ2n) is 5.67. The molecule has 1 amide bonds. The van der Waals surface area contributed by atoms with Gasteiger partial charge in [0.05, 0.1) is 30.0 Å². The molecule has 8 nitrogen and oxygen atoms in total. The van der Waals surface area contributed by atoms with Gasteiger partial charge < -0.3 is 15.0 Å². The molecule has 2 aromatic rings. The van der Waals surface area contributed by atoms with Gasteiger partial charge in [-0.1, -0.05) is 0 Å². The number of anilines is 2. The van der Waals surface area contributed by atoms with Crippen LogP contribution in [-0.2, 0) is 9.53 Å². The largest absolute Gasteiger partial charge is 0.378 e. The minimum Gasteiger partial charge on any atom is -0.378 e. The number of nitro benzene ring substituents is 1. The quantitative estimate of drug-likeness (QED) is 0.503. The van der Waals surface area contributed by atoms with Gasteiger partial charge in [-0.15, -0.1) is 0 Å². The first-order valence-corrected chi connectivity index (χ1v) is 8.14. The van der Waals surface area contributed by atoms with Crippen LogP contribution < -0.4 is 10.2 Å². The van der Waals surface area contributed by atoms with E-state index in [1.54, 1.807) is 30.5 Å². The number of benzene rings is 1. The number of morpholine rings is 1. The Balaban J connectivity index is 1.56. The molecule has 1 N–H and O–H groups in total. The van der Waals surface area contributed by atoms with E-state index in [0.717, 1.165) is 18.8 Å². The Morgan fingerprint density at radius 3 is 2.54 bits per heavy atom. The van der Waals surface area contributed by atoms with Gasteiger partial charge in [0, 0.05) is 31.3 Å². The van der Waals surface area contributed by atoms with Crippen LogP contribution in [-0.4, -0.2) is 42.1 Å². The van der Waals surface area contributed by atoms with Crippen molar-refractivity contribution in [2.24, 2.45) is 0 Å². The molecule has 1 aromatic heterocycles. The fourth-order valence-corrected chi connectivity index (χ4v) is 2.52. The normalized spacial score (nSPS) is 14.4. The first-order valence-electron chi connectivity index (χ1n) is 8.14. The Hall–Kier alpha value is -3.26. The van der Waals surface area contributed by atoms with Crippen molar-refractivity contribution in [3.8, 4) is 0 Å². The number of amides is 1. The van der Waals surface area contributed by atoms with Crippen LogP contribution in [0.5, 0.6) is 0 Å². The number of nitrogens with one attached hydrogen (secondary N) is 1. The lowest BCUT2D eigenvalue weighted by Gasteiger charge is -2.28. The van der Waals surface area contributed by atoms with E-state index >= 15 is 0 Å². The minimum absolute atomic E-state index is 0.0103. The molecule has 0 saturated carbocycles. The Morgan fingerprint density at radius 1 is 1.19 bits per heavy atom. The third-order valence-corrected chi connectivity index (χ3v) is 3.91. The number of hydrogen-bond donors (Lipinski definition) is 1. The maximum absolute atomic E-state index is 12.0. The zero-order valence-electron chi connectivity index (χ0n) is 14.0. The summed E-state index contributed by atoms with van der Waals surface area (Å²) < 4.78 is 5.32. The maximum atomic E-state index is 12.0. The molecular weight excluding hydrogens is 336 g/mol. The van der Waals surface area contributed by atoms with E-state index in [1.165, 1.54) is 18.2 Å². The van der Waals surface area contributed by atoms with E-state index in [0.29, 0.717) is 24.6 Å². The zero-order valence-corrected chi connectivity index (χ0v) is 14.0. The van der Waals surface area contributed by atoms with Crippen molar-refractivity contribution in [1.82, 2.24) is 4.98 Å². The predicted molar refractivity (Wildman–Crippen MR) is 98.0 cm³/mol. The maximum Gasteiger partial charge on any atom is 0.269 e. The number of nitrogens with zero attached hydrogens (tertiary/aromatic N) is 3. The number of carbonyl (C=O) groups excluding carboxylic acids is 1. The molecule has 0 unspecified atom stereocenters.